The third kappa shape index (κ3) is 5.05. The van der Waals surface area contributed by atoms with E-state index < -0.39 is 6.09 Å². The van der Waals surface area contributed by atoms with Gasteiger partial charge in [0.1, 0.15) is 5.82 Å². The zero-order chi connectivity index (χ0) is 21.3. The van der Waals surface area contributed by atoms with Gasteiger partial charge in [-0.3, -0.25) is 0 Å². The zero-order valence-electron chi connectivity index (χ0n) is 16.5. The number of nitrogens with zero attached hydrogens (tertiary/aromatic N) is 3. The van der Waals surface area contributed by atoms with E-state index in [2.05, 4.69) is 36.1 Å². The summed E-state index contributed by atoms with van der Waals surface area (Å²) in [5, 5.41) is 14.2. The maximum Gasteiger partial charge on any atom is 0.407 e. The average Bonchev–Trinajstić information content (AvgIpc) is 2.80. The van der Waals surface area contributed by atoms with Crippen molar-refractivity contribution in [1.29, 1.82) is 0 Å². The topological polar surface area (TPSA) is 78.4 Å². The van der Waals surface area contributed by atoms with E-state index in [9.17, 15) is 9.90 Å². The standard InChI is InChI=1S/C20H23Cl3N4O2/c1-20(2,3)13-10-27(19(28)29)7-6-15-16(13)17(26-18(23)25-15)24-9-11-4-5-12(21)8-14(11)22/h4-5,8,13H,6-7,9-10H2,1-3H3,(H,28,29)(H,24,25,26). The highest BCUT2D eigenvalue weighted by Crippen LogP contribution is 2.42. The van der Waals surface area contributed by atoms with Crippen LogP contribution in [0.2, 0.25) is 15.3 Å². The van der Waals surface area contributed by atoms with Crippen LogP contribution >= 0.6 is 34.8 Å². The highest BCUT2D eigenvalue weighted by molar-refractivity contribution is 6.35. The number of hydrogen-bond acceptors (Lipinski definition) is 4. The number of amides is 1. The molecule has 1 atom stereocenters. The van der Waals surface area contributed by atoms with Gasteiger partial charge < -0.3 is 15.3 Å². The first-order valence-corrected chi connectivity index (χ1v) is 10.4. The van der Waals surface area contributed by atoms with E-state index in [0.29, 0.717) is 41.9 Å². The number of hydrogen-bond donors (Lipinski definition) is 2. The third-order valence-corrected chi connectivity index (χ3v) is 5.90. The molecular weight excluding hydrogens is 435 g/mol. The second-order valence-corrected chi connectivity index (χ2v) is 9.37. The Morgan fingerprint density at radius 1 is 1.28 bits per heavy atom. The van der Waals surface area contributed by atoms with Gasteiger partial charge in [-0.25, -0.2) is 14.8 Å². The van der Waals surface area contributed by atoms with Crippen LogP contribution in [0.15, 0.2) is 18.2 Å². The van der Waals surface area contributed by atoms with Crippen molar-refractivity contribution < 1.29 is 9.90 Å². The summed E-state index contributed by atoms with van der Waals surface area (Å²) >= 11 is 18.5. The van der Waals surface area contributed by atoms with Gasteiger partial charge in [0.15, 0.2) is 0 Å². The van der Waals surface area contributed by atoms with E-state index in [0.717, 1.165) is 16.8 Å². The number of carboxylic acid groups (broad SMARTS) is 1. The van der Waals surface area contributed by atoms with Crippen molar-refractivity contribution in [1.82, 2.24) is 14.9 Å². The Morgan fingerprint density at radius 3 is 2.62 bits per heavy atom. The molecule has 3 rings (SSSR count). The first-order chi connectivity index (χ1) is 13.6. The smallest absolute Gasteiger partial charge is 0.407 e. The predicted octanol–water partition coefficient (Wildman–Crippen LogP) is 5.71. The number of aromatic nitrogens is 2. The predicted molar refractivity (Wildman–Crippen MR) is 116 cm³/mol. The highest BCUT2D eigenvalue weighted by atomic mass is 35.5. The van der Waals surface area contributed by atoms with Crippen molar-refractivity contribution in [2.24, 2.45) is 5.41 Å². The maximum atomic E-state index is 11.7. The lowest BCUT2D eigenvalue weighted by Gasteiger charge is -2.34. The van der Waals surface area contributed by atoms with Crippen LogP contribution in [0.1, 0.15) is 43.5 Å². The Balaban J connectivity index is 2.01. The molecule has 2 heterocycles. The Morgan fingerprint density at radius 2 is 2.00 bits per heavy atom. The number of carbonyl (C=O) groups is 1. The minimum Gasteiger partial charge on any atom is -0.465 e. The molecular formula is C20H23Cl3N4O2. The van der Waals surface area contributed by atoms with Crippen molar-refractivity contribution in [2.45, 2.75) is 39.7 Å². The summed E-state index contributed by atoms with van der Waals surface area (Å²) in [4.78, 5) is 22.0. The molecule has 1 aromatic carbocycles. The van der Waals surface area contributed by atoms with E-state index in [1.54, 1.807) is 12.1 Å². The van der Waals surface area contributed by atoms with Gasteiger partial charge in [0.25, 0.3) is 0 Å². The molecule has 29 heavy (non-hydrogen) atoms. The molecule has 1 amide bonds. The lowest BCUT2D eigenvalue weighted by atomic mass is 9.76. The second-order valence-electron chi connectivity index (χ2n) is 8.19. The quantitative estimate of drug-likeness (QED) is 0.577. The number of benzene rings is 1. The van der Waals surface area contributed by atoms with Gasteiger partial charge >= 0.3 is 6.09 Å². The summed E-state index contributed by atoms with van der Waals surface area (Å²) < 4.78 is 0. The number of nitrogens with one attached hydrogen (secondary N) is 1. The van der Waals surface area contributed by atoms with Crippen LogP contribution < -0.4 is 5.32 Å². The molecule has 0 saturated heterocycles. The first-order valence-electron chi connectivity index (χ1n) is 9.28. The molecule has 0 saturated carbocycles. The Bertz CT molecular complexity index is 931. The van der Waals surface area contributed by atoms with Gasteiger partial charge in [0, 0.05) is 47.6 Å². The summed E-state index contributed by atoms with van der Waals surface area (Å²) in [5.41, 5.74) is 2.35. The summed E-state index contributed by atoms with van der Waals surface area (Å²) in [6.45, 7) is 7.41. The van der Waals surface area contributed by atoms with Gasteiger partial charge in [0.2, 0.25) is 5.28 Å². The van der Waals surface area contributed by atoms with Gasteiger partial charge in [-0.15, -0.1) is 0 Å². The van der Waals surface area contributed by atoms with Crippen molar-refractivity contribution in [3.05, 3.63) is 50.3 Å². The number of fused-ring (bicyclic) bond motifs is 1. The van der Waals surface area contributed by atoms with Gasteiger partial charge in [0.05, 0.1) is 5.69 Å². The first kappa shape index (κ1) is 21.9. The van der Waals surface area contributed by atoms with Gasteiger partial charge in [-0.1, -0.05) is 50.0 Å². The zero-order valence-corrected chi connectivity index (χ0v) is 18.7. The Kier molecular flexibility index (Phi) is 6.46. The number of anilines is 1. The average molecular weight is 458 g/mol. The van der Waals surface area contributed by atoms with Crippen molar-refractivity contribution >= 4 is 46.7 Å². The molecule has 0 spiro atoms. The highest BCUT2D eigenvalue weighted by Gasteiger charge is 2.36. The van der Waals surface area contributed by atoms with E-state index in [-0.39, 0.29) is 16.6 Å². The fourth-order valence-electron chi connectivity index (χ4n) is 3.55. The van der Waals surface area contributed by atoms with Gasteiger partial charge in [-0.2, -0.15) is 0 Å². The Hall–Kier alpha value is -1.76. The molecule has 0 aliphatic carbocycles. The minimum atomic E-state index is -0.937. The summed E-state index contributed by atoms with van der Waals surface area (Å²) in [7, 11) is 0. The van der Waals surface area contributed by atoms with Gasteiger partial charge in [-0.05, 0) is 34.7 Å². The van der Waals surface area contributed by atoms with Crippen molar-refractivity contribution in [3.8, 4) is 0 Å². The van der Waals surface area contributed by atoms with E-state index >= 15 is 0 Å². The van der Waals surface area contributed by atoms with Crippen LogP contribution in [0.4, 0.5) is 10.6 Å². The van der Waals surface area contributed by atoms with Crippen molar-refractivity contribution in [3.63, 3.8) is 0 Å². The van der Waals surface area contributed by atoms with Crippen LogP contribution in [-0.2, 0) is 13.0 Å². The molecule has 1 aromatic heterocycles. The molecule has 2 aromatic rings. The fraction of sp³-hybridized carbons (Fsp3) is 0.450. The van der Waals surface area contributed by atoms with Crippen LogP contribution in [0, 0.1) is 5.41 Å². The lowest BCUT2D eigenvalue weighted by molar-refractivity contribution is 0.135. The molecule has 1 aliphatic heterocycles. The molecule has 0 fully saturated rings. The molecule has 2 N–H and O–H groups in total. The molecule has 9 heteroatoms. The van der Waals surface area contributed by atoms with E-state index in [1.165, 1.54) is 4.90 Å². The lowest BCUT2D eigenvalue weighted by Crippen LogP contribution is -2.37. The molecule has 0 bridgehead atoms. The van der Waals surface area contributed by atoms with E-state index in [4.69, 9.17) is 34.8 Å². The largest absolute Gasteiger partial charge is 0.465 e. The van der Waals surface area contributed by atoms with Crippen LogP contribution in [0.5, 0.6) is 0 Å². The summed E-state index contributed by atoms with van der Waals surface area (Å²) in [6, 6.07) is 5.32. The van der Waals surface area contributed by atoms with Crippen LogP contribution in [-0.4, -0.2) is 39.2 Å². The normalized spacial score (nSPS) is 16.9. The van der Waals surface area contributed by atoms with Crippen LogP contribution in [0.25, 0.3) is 0 Å². The Labute approximate surface area is 185 Å². The minimum absolute atomic E-state index is 0.100. The SMILES string of the molecule is CC(C)(C)C1CN(C(=O)O)CCc2nc(Cl)nc(NCc3ccc(Cl)cc3Cl)c21. The second kappa shape index (κ2) is 8.54. The molecule has 156 valence electrons. The number of rotatable bonds is 3. The summed E-state index contributed by atoms with van der Waals surface area (Å²) in [6.07, 6.45) is -0.458. The molecule has 1 unspecified atom stereocenters. The van der Waals surface area contributed by atoms with Crippen molar-refractivity contribution in [2.75, 3.05) is 18.4 Å². The number of halogens is 3. The monoisotopic (exact) mass is 456 g/mol. The third-order valence-electron chi connectivity index (χ3n) is 5.14. The van der Waals surface area contributed by atoms with E-state index in [1.807, 2.05) is 6.07 Å². The van der Waals surface area contributed by atoms with Crippen LogP contribution in [0.3, 0.4) is 0 Å². The maximum absolute atomic E-state index is 11.7. The molecule has 0 radical (unpaired) electrons. The molecule has 6 nitrogen and oxygen atoms in total. The fourth-order valence-corrected chi connectivity index (χ4v) is 4.21. The summed E-state index contributed by atoms with van der Waals surface area (Å²) in [5.74, 6) is 0.509. The molecule has 1 aliphatic rings.